The molecule has 27 heavy (non-hydrogen) atoms. The Labute approximate surface area is 157 Å². The molecule has 0 saturated carbocycles. The number of amides is 2. The van der Waals surface area contributed by atoms with Crippen molar-refractivity contribution in [2.75, 3.05) is 26.2 Å². The van der Waals surface area contributed by atoms with Crippen LogP contribution in [0, 0.1) is 11.8 Å². The zero-order valence-electron chi connectivity index (χ0n) is 15.9. The molecule has 0 radical (unpaired) electrons. The van der Waals surface area contributed by atoms with E-state index in [1.807, 2.05) is 31.7 Å². The van der Waals surface area contributed by atoms with Gasteiger partial charge in [0.25, 0.3) is 5.91 Å². The van der Waals surface area contributed by atoms with E-state index in [-0.39, 0.29) is 12.0 Å². The monoisotopic (exact) mass is 371 g/mol. The third-order valence-corrected chi connectivity index (χ3v) is 5.31. The van der Waals surface area contributed by atoms with Gasteiger partial charge in [-0.2, -0.15) is 0 Å². The Bertz CT molecular complexity index is 872. The molecule has 8 nitrogen and oxygen atoms in total. The van der Waals surface area contributed by atoms with Gasteiger partial charge >= 0.3 is 6.09 Å². The minimum atomic E-state index is -0.493. The molecule has 2 aromatic rings. The van der Waals surface area contributed by atoms with Gasteiger partial charge in [-0.3, -0.25) is 9.89 Å². The molecule has 0 unspecified atom stereocenters. The van der Waals surface area contributed by atoms with Crippen molar-refractivity contribution < 1.29 is 14.3 Å². The third kappa shape index (κ3) is 3.61. The van der Waals surface area contributed by atoms with Gasteiger partial charge in [0.1, 0.15) is 11.1 Å². The summed E-state index contributed by atoms with van der Waals surface area (Å²) in [6.45, 7) is 8.36. The summed E-state index contributed by atoms with van der Waals surface area (Å²) in [6.07, 6.45) is 0.647. The summed E-state index contributed by atoms with van der Waals surface area (Å²) < 4.78 is 5.50. The van der Waals surface area contributed by atoms with Crippen LogP contribution in [-0.4, -0.2) is 69.0 Å². The van der Waals surface area contributed by atoms with Crippen LogP contribution >= 0.6 is 0 Å². The summed E-state index contributed by atoms with van der Waals surface area (Å²) >= 11 is 0. The zero-order valence-corrected chi connectivity index (χ0v) is 15.9. The van der Waals surface area contributed by atoms with Crippen LogP contribution in [0.5, 0.6) is 0 Å². The molecule has 4 rings (SSSR count). The number of aromatic nitrogens is 3. The molecule has 2 saturated heterocycles. The Kier molecular flexibility index (Phi) is 4.28. The molecule has 2 aliphatic heterocycles. The first-order chi connectivity index (χ1) is 12.8. The SMILES string of the molecule is CC(C)(C)OC(=O)N1C[C@H]2CCN(C(=O)c3ccc4[nH]nnc4c3)C[C@@H]2C1. The number of nitrogens with one attached hydrogen (secondary N) is 1. The zero-order chi connectivity index (χ0) is 19.2. The number of carbonyl (C=O) groups excluding carboxylic acids is 2. The largest absolute Gasteiger partial charge is 0.444 e. The van der Waals surface area contributed by atoms with Crippen molar-refractivity contribution in [3.63, 3.8) is 0 Å². The molecule has 2 aliphatic rings. The van der Waals surface area contributed by atoms with Crippen molar-refractivity contribution in [3.8, 4) is 0 Å². The summed E-state index contributed by atoms with van der Waals surface area (Å²) in [5, 5.41) is 10.5. The Morgan fingerprint density at radius 2 is 1.89 bits per heavy atom. The molecule has 1 aromatic carbocycles. The number of piperidine rings is 1. The standard InChI is InChI=1S/C19H25N5O3/c1-19(2,3)27-18(26)24-9-13-6-7-23(10-14(13)11-24)17(25)12-4-5-15-16(8-12)21-22-20-15/h4-5,8,13-14H,6-7,9-11H2,1-3H3,(H,20,21,22)/t13-,14-/m1/s1. The van der Waals surface area contributed by atoms with Crippen molar-refractivity contribution in [3.05, 3.63) is 23.8 Å². The Balaban J connectivity index is 1.42. The number of likely N-dealkylation sites (tertiary alicyclic amines) is 2. The van der Waals surface area contributed by atoms with Crippen LogP contribution in [0.3, 0.4) is 0 Å². The number of carbonyl (C=O) groups is 2. The smallest absolute Gasteiger partial charge is 0.410 e. The van der Waals surface area contributed by atoms with Crippen LogP contribution in [0.25, 0.3) is 11.0 Å². The predicted octanol–water partition coefficient (Wildman–Crippen LogP) is 2.29. The van der Waals surface area contributed by atoms with Crippen molar-refractivity contribution in [2.24, 2.45) is 11.8 Å². The number of nitrogens with zero attached hydrogens (tertiary/aromatic N) is 4. The minimum Gasteiger partial charge on any atom is -0.444 e. The number of fused-ring (bicyclic) bond motifs is 2. The molecule has 1 aromatic heterocycles. The van der Waals surface area contributed by atoms with E-state index in [0.717, 1.165) is 11.9 Å². The highest BCUT2D eigenvalue weighted by atomic mass is 16.6. The summed E-state index contributed by atoms with van der Waals surface area (Å²) in [5.41, 5.74) is 1.63. The fourth-order valence-electron chi connectivity index (χ4n) is 3.99. The highest BCUT2D eigenvalue weighted by Gasteiger charge is 2.41. The summed E-state index contributed by atoms with van der Waals surface area (Å²) in [6, 6.07) is 5.41. The number of benzene rings is 1. The third-order valence-electron chi connectivity index (χ3n) is 5.31. The van der Waals surface area contributed by atoms with E-state index in [9.17, 15) is 9.59 Å². The lowest BCUT2D eigenvalue weighted by molar-refractivity contribution is 0.0284. The highest BCUT2D eigenvalue weighted by Crippen LogP contribution is 2.32. The average molecular weight is 371 g/mol. The molecule has 2 amide bonds. The highest BCUT2D eigenvalue weighted by molar-refractivity contribution is 5.97. The maximum Gasteiger partial charge on any atom is 0.410 e. The van der Waals surface area contributed by atoms with Crippen molar-refractivity contribution in [1.82, 2.24) is 25.2 Å². The van der Waals surface area contributed by atoms with Crippen LogP contribution in [0.1, 0.15) is 37.6 Å². The minimum absolute atomic E-state index is 0.00840. The van der Waals surface area contributed by atoms with Crippen LogP contribution < -0.4 is 0 Å². The summed E-state index contributed by atoms with van der Waals surface area (Å²) in [4.78, 5) is 28.9. The van der Waals surface area contributed by atoms with Crippen LogP contribution in [-0.2, 0) is 4.74 Å². The maximum atomic E-state index is 12.9. The van der Waals surface area contributed by atoms with Gasteiger partial charge in [-0.25, -0.2) is 4.79 Å². The molecule has 8 heteroatoms. The van der Waals surface area contributed by atoms with Gasteiger partial charge in [-0.1, -0.05) is 5.21 Å². The number of hydrogen-bond acceptors (Lipinski definition) is 5. The fraction of sp³-hybridized carbons (Fsp3) is 0.579. The van der Waals surface area contributed by atoms with Crippen molar-refractivity contribution >= 4 is 23.0 Å². The molecule has 0 spiro atoms. The topological polar surface area (TPSA) is 91.4 Å². The van der Waals surface area contributed by atoms with Crippen molar-refractivity contribution in [1.29, 1.82) is 0 Å². The second-order valence-corrected chi connectivity index (χ2v) is 8.49. The summed E-state index contributed by atoms with van der Waals surface area (Å²) in [7, 11) is 0. The lowest BCUT2D eigenvalue weighted by Gasteiger charge is -2.34. The van der Waals surface area contributed by atoms with Gasteiger partial charge in [0.2, 0.25) is 0 Å². The Morgan fingerprint density at radius 1 is 1.15 bits per heavy atom. The van der Waals surface area contributed by atoms with Gasteiger partial charge in [0.05, 0.1) is 5.52 Å². The van der Waals surface area contributed by atoms with Gasteiger partial charge < -0.3 is 14.5 Å². The average Bonchev–Trinajstić information content (AvgIpc) is 3.24. The number of H-pyrrole nitrogens is 1. The molecule has 2 atom stereocenters. The lowest BCUT2D eigenvalue weighted by Crippen LogP contribution is -2.43. The normalized spacial score (nSPS) is 22.8. The summed E-state index contributed by atoms with van der Waals surface area (Å²) in [5.74, 6) is 0.736. The first-order valence-corrected chi connectivity index (χ1v) is 9.38. The second-order valence-electron chi connectivity index (χ2n) is 8.49. The van der Waals surface area contributed by atoms with E-state index in [2.05, 4.69) is 15.4 Å². The van der Waals surface area contributed by atoms with Crippen molar-refractivity contribution in [2.45, 2.75) is 32.8 Å². The number of rotatable bonds is 1. The van der Waals surface area contributed by atoms with E-state index >= 15 is 0 Å². The maximum absolute atomic E-state index is 12.9. The Morgan fingerprint density at radius 3 is 2.67 bits per heavy atom. The Hall–Kier alpha value is -2.64. The van der Waals surface area contributed by atoms with Crippen LogP contribution in [0.4, 0.5) is 4.79 Å². The quantitative estimate of drug-likeness (QED) is 0.830. The van der Waals surface area contributed by atoms with Crippen LogP contribution in [0.15, 0.2) is 18.2 Å². The number of hydrogen-bond donors (Lipinski definition) is 1. The first kappa shape index (κ1) is 17.8. The van der Waals surface area contributed by atoms with E-state index < -0.39 is 5.60 Å². The van der Waals surface area contributed by atoms with E-state index in [1.165, 1.54) is 0 Å². The number of ether oxygens (including phenoxy) is 1. The predicted molar refractivity (Wildman–Crippen MR) is 99.2 cm³/mol. The molecule has 3 heterocycles. The molecule has 1 N–H and O–H groups in total. The van der Waals surface area contributed by atoms with E-state index in [0.29, 0.717) is 49.1 Å². The first-order valence-electron chi connectivity index (χ1n) is 9.38. The van der Waals surface area contributed by atoms with Gasteiger partial charge in [-0.05, 0) is 57.2 Å². The molecule has 2 fully saturated rings. The van der Waals surface area contributed by atoms with E-state index in [4.69, 9.17) is 4.74 Å². The molecular weight excluding hydrogens is 346 g/mol. The molecule has 0 aliphatic carbocycles. The van der Waals surface area contributed by atoms with E-state index in [1.54, 1.807) is 17.0 Å². The lowest BCUT2D eigenvalue weighted by atomic mass is 9.88. The second kappa shape index (κ2) is 6.51. The molecule has 0 bridgehead atoms. The number of aromatic amines is 1. The van der Waals surface area contributed by atoms with Gasteiger partial charge in [0, 0.05) is 31.7 Å². The van der Waals surface area contributed by atoms with Crippen LogP contribution in [0.2, 0.25) is 0 Å². The van der Waals surface area contributed by atoms with Gasteiger partial charge in [-0.15, -0.1) is 5.10 Å². The molecule has 144 valence electrons. The fourth-order valence-corrected chi connectivity index (χ4v) is 3.99. The van der Waals surface area contributed by atoms with Gasteiger partial charge in [0.15, 0.2) is 0 Å². The molecular formula is C19H25N5O3.